The Labute approximate surface area is 154 Å². The summed E-state index contributed by atoms with van der Waals surface area (Å²) in [6.45, 7) is 0. The Bertz CT molecular complexity index is 662. The molecule has 0 heterocycles. The van der Waals surface area contributed by atoms with Gasteiger partial charge >= 0.3 is 0 Å². The zero-order valence-electron chi connectivity index (χ0n) is 11.3. The lowest BCUT2D eigenvalue weighted by atomic mass is 10.0. The van der Waals surface area contributed by atoms with Gasteiger partial charge in [-0.15, -0.1) is 0 Å². The topological polar surface area (TPSA) is 18.5 Å². The first-order valence-corrected chi connectivity index (χ1v) is 8.86. The number of hydrogen-bond acceptors (Lipinski definition) is 2. The zero-order chi connectivity index (χ0) is 15.6. The Balaban J connectivity index is 2.49. The number of rotatable bonds is 4. The van der Waals surface area contributed by atoms with Crippen LogP contribution in [-0.4, -0.2) is 14.2 Å². The third-order valence-corrected chi connectivity index (χ3v) is 5.43. The van der Waals surface area contributed by atoms with Crippen molar-refractivity contribution in [3.63, 3.8) is 0 Å². The van der Waals surface area contributed by atoms with Crippen molar-refractivity contribution in [3.05, 3.63) is 55.4 Å². The fourth-order valence-electron chi connectivity index (χ4n) is 2.00. The van der Waals surface area contributed by atoms with Crippen molar-refractivity contribution in [2.75, 3.05) is 14.2 Å². The lowest BCUT2D eigenvalue weighted by Crippen LogP contribution is -1.99. The molecule has 0 radical (unpaired) electrons. The van der Waals surface area contributed by atoms with Gasteiger partial charge in [0.15, 0.2) is 0 Å². The van der Waals surface area contributed by atoms with Crippen molar-refractivity contribution in [1.82, 2.24) is 0 Å². The summed E-state index contributed by atoms with van der Waals surface area (Å²) < 4.78 is 12.4. The Morgan fingerprint density at radius 3 is 2.29 bits per heavy atom. The number of alkyl halides is 1. The largest absolute Gasteiger partial charge is 0.496 e. The fourth-order valence-corrected chi connectivity index (χ4v) is 4.18. The number of benzene rings is 2. The quantitative estimate of drug-likeness (QED) is 0.456. The van der Waals surface area contributed by atoms with E-state index in [1.165, 1.54) is 0 Å². The van der Waals surface area contributed by atoms with Crippen LogP contribution < -0.4 is 9.47 Å². The highest BCUT2D eigenvalue weighted by Crippen LogP contribution is 2.43. The van der Waals surface area contributed by atoms with Crippen LogP contribution in [0.25, 0.3) is 0 Å². The molecule has 2 nitrogen and oxygen atoms in total. The molecule has 0 aromatic heterocycles. The second-order valence-corrected chi connectivity index (χ2v) is 7.33. The summed E-state index contributed by atoms with van der Waals surface area (Å²) in [4.78, 5) is -0.0512. The first-order valence-electron chi connectivity index (χ1n) is 5.98. The molecule has 0 bridgehead atoms. The van der Waals surface area contributed by atoms with Crippen LogP contribution in [-0.2, 0) is 0 Å². The Morgan fingerprint density at radius 1 is 1.00 bits per heavy atom. The smallest absolute Gasteiger partial charge is 0.137 e. The second kappa shape index (κ2) is 7.36. The van der Waals surface area contributed by atoms with E-state index in [1.807, 2.05) is 30.3 Å². The van der Waals surface area contributed by atoms with Gasteiger partial charge in [-0.2, -0.15) is 0 Å². The first kappa shape index (κ1) is 17.1. The molecule has 1 unspecified atom stereocenters. The van der Waals surface area contributed by atoms with Gasteiger partial charge in [0.25, 0.3) is 0 Å². The van der Waals surface area contributed by atoms with Gasteiger partial charge in [0.1, 0.15) is 11.5 Å². The van der Waals surface area contributed by atoms with E-state index in [0.717, 1.165) is 31.6 Å². The monoisotopic (exact) mass is 496 g/mol. The summed E-state index contributed by atoms with van der Waals surface area (Å²) in [5.41, 5.74) is 2.02. The molecule has 112 valence electrons. The Morgan fingerprint density at radius 2 is 1.71 bits per heavy atom. The van der Waals surface area contributed by atoms with Gasteiger partial charge in [0.2, 0.25) is 0 Å². The average Bonchev–Trinajstić information content (AvgIpc) is 2.45. The van der Waals surface area contributed by atoms with Crippen molar-refractivity contribution in [3.8, 4) is 11.5 Å². The normalized spacial score (nSPS) is 12.1. The third kappa shape index (κ3) is 3.76. The molecule has 0 spiro atoms. The molecule has 6 heteroatoms. The number of hydrogen-bond donors (Lipinski definition) is 0. The van der Waals surface area contributed by atoms with E-state index < -0.39 is 0 Å². The molecule has 0 N–H and O–H groups in total. The fraction of sp³-hybridized carbons (Fsp3) is 0.200. The molecule has 0 aliphatic rings. The van der Waals surface area contributed by atoms with Crippen LogP contribution in [0.4, 0.5) is 0 Å². The minimum atomic E-state index is -0.0512. The van der Waals surface area contributed by atoms with E-state index in [-0.39, 0.29) is 4.83 Å². The van der Waals surface area contributed by atoms with Gasteiger partial charge in [-0.05, 0) is 61.7 Å². The summed E-state index contributed by atoms with van der Waals surface area (Å²) in [6, 6.07) is 9.62. The molecule has 21 heavy (non-hydrogen) atoms. The highest BCUT2D eigenvalue weighted by atomic mass is 79.9. The highest BCUT2D eigenvalue weighted by molar-refractivity contribution is 9.11. The average molecular weight is 499 g/mol. The minimum Gasteiger partial charge on any atom is -0.496 e. The van der Waals surface area contributed by atoms with E-state index in [9.17, 15) is 0 Å². The molecule has 0 saturated carbocycles. The van der Waals surface area contributed by atoms with Gasteiger partial charge in [-0.3, -0.25) is 0 Å². The van der Waals surface area contributed by atoms with E-state index >= 15 is 0 Å². The number of ether oxygens (including phenoxy) is 2. The van der Waals surface area contributed by atoms with E-state index in [4.69, 9.17) is 21.1 Å². The van der Waals surface area contributed by atoms with Crippen molar-refractivity contribution in [2.45, 2.75) is 4.83 Å². The number of halogens is 4. The molecule has 2 aromatic carbocycles. The second-order valence-electron chi connectivity index (χ2n) is 4.27. The maximum absolute atomic E-state index is 6.15. The maximum atomic E-state index is 6.15. The molecule has 2 rings (SSSR count). The Kier molecular flexibility index (Phi) is 6.00. The summed E-state index contributed by atoms with van der Waals surface area (Å²) in [5, 5.41) is 0.648. The van der Waals surface area contributed by atoms with Crippen molar-refractivity contribution >= 4 is 59.4 Å². The van der Waals surface area contributed by atoms with Crippen LogP contribution in [0.1, 0.15) is 16.0 Å². The zero-order valence-corrected chi connectivity index (χ0v) is 16.8. The summed E-state index contributed by atoms with van der Waals surface area (Å²) in [7, 11) is 3.28. The molecule has 0 amide bonds. The molecule has 0 fully saturated rings. The molecule has 1 atom stereocenters. The Hall–Kier alpha value is -0.230. The van der Waals surface area contributed by atoms with Gasteiger partial charge in [0.05, 0.1) is 28.0 Å². The van der Waals surface area contributed by atoms with E-state index in [1.54, 1.807) is 14.2 Å². The van der Waals surface area contributed by atoms with Gasteiger partial charge in [-0.25, -0.2) is 0 Å². The summed E-state index contributed by atoms with van der Waals surface area (Å²) in [6.07, 6.45) is 0. The molecule has 0 aliphatic heterocycles. The molecule has 0 aliphatic carbocycles. The first-order chi connectivity index (χ1) is 9.97. The van der Waals surface area contributed by atoms with Crippen LogP contribution in [0, 0.1) is 0 Å². The lowest BCUT2D eigenvalue weighted by Gasteiger charge is -2.17. The molecular weight excluding hydrogens is 487 g/mol. The minimum absolute atomic E-state index is 0.0512. The highest BCUT2D eigenvalue weighted by Gasteiger charge is 2.19. The van der Waals surface area contributed by atoms with Crippen molar-refractivity contribution in [2.24, 2.45) is 0 Å². The SMILES string of the molecule is COc1ccc(C(Br)c2cc(Cl)cc(Br)c2OC)cc1Br. The van der Waals surface area contributed by atoms with Crippen LogP contribution >= 0.6 is 59.4 Å². The van der Waals surface area contributed by atoms with E-state index in [0.29, 0.717) is 5.02 Å². The van der Waals surface area contributed by atoms with E-state index in [2.05, 4.69) is 47.8 Å². The van der Waals surface area contributed by atoms with Gasteiger partial charge in [-0.1, -0.05) is 33.6 Å². The maximum Gasteiger partial charge on any atom is 0.137 e. The van der Waals surface area contributed by atoms with Crippen molar-refractivity contribution in [1.29, 1.82) is 0 Å². The number of methoxy groups -OCH3 is 2. The molecule has 0 saturated heterocycles. The van der Waals surface area contributed by atoms with Crippen LogP contribution in [0.2, 0.25) is 5.02 Å². The summed E-state index contributed by atoms with van der Waals surface area (Å²) in [5.74, 6) is 1.55. The van der Waals surface area contributed by atoms with Gasteiger partial charge in [0, 0.05) is 10.6 Å². The van der Waals surface area contributed by atoms with Crippen molar-refractivity contribution < 1.29 is 9.47 Å². The molecular formula is C15H12Br3ClO2. The standard InChI is InChI=1S/C15H12Br3ClO2/c1-20-13-4-3-8(5-11(13)16)14(18)10-6-9(19)7-12(17)15(10)21-2/h3-7,14H,1-2H3. The summed E-state index contributed by atoms with van der Waals surface area (Å²) >= 11 is 16.8. The lowest BCUT2D eigenvalue weighted by molar-refractivity contribution is 0.407. The van der Waals surface area contributed by atoms with Crippen LogP contribution in [0.5, 0.6) is 11.5 Å². The third-order valence-electron chi connectivity index (χ3n) is 2.98. The predicted molar refractivity (Wildman–Crippen MR) is 97.2 cm³/mol. The van der Waals surface area contributed by atoms with Crippen LogP contribution in [0.3, 0.4) is 0 Å². The predicted octanol–water partition coefficient (Wildman–Crippen LogP) is 6.37. The van der Waals surface area contributed by atoms with Crippen LogP contribution in [0.15, 0.2) is 39.3 Å². The molecule has 2 aromatic rings. The van der Waals surface area contributed by atoms with Gasteiger partial charge < -0.3 is 9.47 Å².